The van der Waals surface area contributed by atoms with Crippen LogP contribution in [0.5, 0.6) is 0 Å². The van der Waals surface area contributed by atoms with Gasteiger partial charge >= 0.3 is 48.2 Å². The molecule has 5 aromatic rings. The summed E-state index contributed by atoms with van der Waals surface area (Å²) in [6.45, 7) is 6.24. The monoisotopic (exact) mass is 1130 g/mol. The number of rotatable bonds is 17. The first-order valence-electron chi connectivity index (χ1n) is 24.6. The normalized spacial score (nSPS) is 20.0. The van der Waals surface area contributed by atoms with Crippen molar-refractivity contribution in [2.24, 2.45) is 5.73 Å². The van der Waals surface area contributed by atoms with E-state index in [4.69, 9.17) is 34.9 Å². The summed E-state index contributed by atoms with van der Waals surface area (Å²) in [5.41, 5.74) is 8.87. The number of hydrogen-bond donors (Lipinski definition) is 6. The first kappa shape index (κ1) is 63.5. The van der Waals surface area contributed by atoms with E-state index in [0.717, 1.165) is 11.1 Å². The van der Waals surface area contributed by atoms with Crippen LogP contribution >= 0.6 is 0 Å². The van der Waals surface area contributed by atoms with Gasteiger partial charge in [0.25, 0.3) is 0 Å². The molecule has 2 fully saturated rings. The fourth-order valence-electron chi connectivity index (χ4n) is 8.86. The molecule has 0 radical (unpaired) electrons. The molecule has 0 saturated carbocycles. The topological polar surface area (TPSA) is 225 Å². The predicted molar refractivity (Wildman–Crippen MR) is 271 cm³/mol. The zero-order valence-electron chi connectivity index (χ0n) is 43.4. The Bertz CT molecular complexity index is 2710. The van der Waals surface area contributed by atoms with E-state index >= 15 is 0 Å². The van der Waals surface area contributed by atoms with Crippen molar-refractivity contribution in [3.63, 3.8) is 0 Å². The van der Waals surface area contributed by atoms with Crippen LogP contribution in [0.1, 0.15) is 70.7 Å². The highest BCUT2D eigenvalue weighted by molar-refractivity contribution is 6.01. The molecule has 80 heavy (non-hydrogen) atoms. The van der Waals surface area contributed by atoms with E-state index in [9.17, 15) is 63.5 Å². The number of aromatic carboxylic acids is 2. The van der Waals surface area contributed by atoms with Gasteiger partial charge in [0, 0.05) is 6.04 Å². The minimum atomic E-state index is -5.21. The van der Waals surface area contributed by atoms with Gasteiger partial charge in [0.15, 0.2) is 11.6 Å². The van der Waals surface area contributed by atoms with Crippen LogP contribution in [0.4, 0.5) is 39.5 Å². The molecule has 0 spiro atoms. The second-order valence-electron chi connectivity index (χ2n) is 19.4. The molecular formula is C56H59F9N4O11. The molecule has 0 bridgehead atoms. The third-order valence-electron chi connectivity index (χ3n) is 12.3. The molecule has 2 saturated heterocycles. The van der Waals surface area contributed by atoms with E-state index in [2.05, 4.69) is 5.32 Å². The van der Waals surface area contributed by atoms with E-state index < -0.39 is 108 Å². The molecule has 7 rings (SSSR count). The lowest BCUT2D eigenvalue weighted by molar-refractivity contribution is -0.177. The molecular weight excluding hydrogens is 1080 g/mol. The number of hydrogen-bond acceptors (Lipinski definition) is 10. The highest BCUT2D eigenvalue weighted by Crippen LogP contribution is 2.36. The zero-order chi connectivity index (χ0) is 59.2. The van der Waals surface area contributed by atoms with Crippen molar-refractivity contribution in [2.75, 3.05) is 0 Å². The van der Waals surface area contributed by atoms with Crippen molar-refractivity contribution >= 4 is 29.7 Å². The van der Waals surface area contributed by atoms with Crippen molar-refractivity contribution in [2.45, 2.75) is 132 Å². The summed E-state index contributed by atoms with van der Waals surface area (Å²) in [4.78, 5) is 56.5. The third-order valence-corrected chi connectivity index (χ3v) is 12.3. The van der Waals surface area contributed by atoms with Gasteiger partial charge in [-0.3, -0.25) is 14.4 Å². The number of ether oxygens (including phenoxy) is 4. The molecule has 15 nitrogen and oxygen atoms in total. The Kier molecular flexibility index (Phi) is 21.6. The summed E-state index contributed by atoms with van der Waals surface area (Å²) in [5.74, 6) is -11.4. The van der Waals surface area contributed by atoms with Crippen molar-refractivity contribution in [1.82, 2.24) is 16.0 Å². The molecule has 3 amide bonds. The van der Waals surface area contributed by atoms with Crippen LogP contribution in [0, 0.1) is 0 Å². The van der Waals surface area contributed by atoms with Gasteiger partial charge in [-0.15, -0.1) is 0 Å². The second kappa shape index (κ2) is 27.2. The number of carboxylic acid groups (broad SMARTS) is 2. The summed E-state index contributed by atoms with van der Waals surface area (Å²) < 4.78 is 142. The fraction of sp³-hybridized carbons (Fsp3) is 0.375. The second-order valence-corrected chi connectivity index (χ2v) is 19.4. The highest BCUT2D eigenvalue weighted by atomic mass is 19.4. The van der Waals surface area contributed by atoms with Crippen molar-refractivity contribution in [3.8, 4) is 0 Å². The number of carboxylic acids is 2. The van der Waals surface area contributed by atoms with E-state index in [0.29, 0.717) is 17.5 Å². The number of nitrogens with one attached hydrogen (secondary N) is 3. The molecule has 0 aromatic heterocycles. The summed E-state index contributed by atoms with van der Waals surface area (Å²) in [7, 11) is 0. The van der Waals surface area contributed by atoms with Crippen LogP contribution in [-0.2, 0) is 59.0 Å². The van der Waals surface area contributed by atoms with E-state index in [1.165, 1.54) is 38.1 Å². The van der Waals surface area contributed by atoms with Gasteiger partial charge in [-0.25, -0.2) is 9.59 Å². The number of carbonyl (C=O) groups is 5. The average Bonchev–Trinajstić information content (AvgIpc) is 3.90. The van der Waals surface area contributed by atoms with E-state index in [1.54, 1.807) is 98.8 Å². The number of nitrogens with two attached hydrogens (primary N) is 1. The Hall–Kier alpha value is -7.38. The Morgan fingerprint density at radius 2 is 0.650 bits per heavy atom. The van der Waals surface area contributed by atoms with Gasteiger partial charge in [0.2, 0.25) is 0 Å². The van der Waals surface area contributed by atoms with Gasteiger partial charge in [-0.05, 0) is 87.8 Å². The molecule has 2 aliphatic heterocycles. The SMILES string of the molecule is CC1(C)OC([C@@H](Cc2ccccc2)NC(=O)C(F)(F)F)C([C@@H](Cc2ccccc2)NC(=O)C(F)(F)F)O1.CC1(C)OC([C@H](N)Cc2ccccc2)C([C@@H](Cc2ccccc2)NC(=O)C(F)(F)F)O1.O=C(O)c1ccccc1C(=O)O. The Morgan fingerprint density at radius 1 is 0.425 bits per heavy atom. The van der Waals surface area contributed by atoms with E-state index in [1.807, 2.05) is 47.0 Å². The lowest BCUT2D eigenvalue weighted by Crippen LogP contribution is -2.58. The number of alkyl halides is 9. The van der Waals surface area contributed by atoms with Crippen molar-refractivity contribution < 1.29 is 92.6 Å². The maximum Gasteiger partial charge on any atom is 0.471 e. The average molecular weight is 1140 g/mol. The number of benzene rings is 5. The minimum Gasteiger partial charge on any atom is -0.478 e. The molecule has 4 unspecified atom stereocenters. The summed E-state index contributed by atoms with van der Waals surface area (Å²) >= 11 is 0. The Labute approximate surface area is 453 Å². The number of amides is 3. The summed E-state index contributed by atoms with van der Waals surface area (Å²) in [6, 6.07) is 36.1. The maximum atomic E-state index is 13.2. The summed E-state index contributed by atoms with van der Waals surface area (Å²) in [5, 5.41) is 23.0. The van der Waals surface area contributed by atoms with E-state index in [-0.39, 0.29) is 30.4 Å². The third kappa shape index (κ3) is 19.2. The largest absolute Gasteiger partial charge is 0.478 e. The molecule has 8 atom stereocenters. The quantitative estimate of drug-likeness (QED) is 0.0482. The lowest BCUT2D eigenvalue weighted by atomic mass is 9.91. The van der Waals surface area contributed by atoms with Crippen LogP contribution in [0.15, 0.2) is 146 Å². The van der Waals surface area contributed by atoms with Crippen LogP contribution in [0.25, 0.3) is 0 Å². The molecule has 2 aliphatic rings. The van der Waals surface area contributed by atoms with Gasteiger partial charge in [-0.1, -0.05) is 133 Å². The van der Waals surface area contributed by atoms with Crippen LogP contribution in [0.3, 0.4) is 0 Å². The van der Waals surface area contributed by atoms with Gasteiger partial charge in [-0.2, -0.15) is 39.5 Å². The van der Waals surface area contributed by atoms with Crippen molar-refractivity contribution in [3.05, 3.63) is 179 Å². The van der Waals surface area contributed by atoms with Crippen molar-refractivity contribution in [1.29, 1.82) is 0 Å². The first-order chi connectivity index (χ1) is 37.3. The smallest absolute Gasteiger partial charge is 0.471 e. The van der Waals surface area contributed by atoms with Gasteiger partial charge in [0.05, 0.1) is 29.3 Å². The molecule has 432 valence electrons. The Morgan fingerprint density at radius 3 is 0.900 bits per heavy atom. The minimum absolute atomic E-state index is 0.140. The summed E-state index contributed by atoms with van der Waals surface area (Å²) in [6.07, 6.45) is -19.4. The first-order valence-corrected chi connectivity index (χ1v) is 24.6. The lowest BCUT2D eigenvalue weighted by Gasteiger charge is -2.32. The highest BCUT2D eigenvalue weighted by Gasteiger charge is 2.53. The molecule has 7 N–H and O–H groups in total. The van der Waals surface area contributed by atoms with Crippen LogP contribution in [-0.4, -0.2) is 119 Å². The zero-order valence-corrected chi connectivity index (χ0v) is 43.4. The Balaban J connectivity index is 0.000000246. The molecule has 24 heteroatoms. The predicted octanol–water partition coefficient (Wildman–Crippen LogP) is 8.54. The van der Waals surface area contributed by atoms with Crippen LogP contribution < -0.4 is 21.7 Å². The molecule has 2 heterocycles. The van der Waals surface area contributed by atoms with Crippen LogP contribution in [0.2, 0.25) is 0 Å². The molecule has 0 aliphatic carbocycles. The van der Waals surface area contributed by atoms with Gasteiger partial charge < -0.3 is 50.8 Å². The number of carbonyl (C=O) groups excluding carboxylic acids is 3. The standard InChI is InChI=1S/C25H26F6N2O4.C23H27F3N2O3.C8H6O4/c1-23(2)36-19(17(32-21(34)24(26,27)28)13-15-9-5-3-6-10-15)20(37-23)18(33-22(35)25(29,30)31)14-16-11-7-4-8-12-16;1-22(2)30-19(17(27)13-15-9-5-3-6-10-15)20(31-22)18(28-21(29)23(24,25)26)14-16-11-7-4-8-12-16;9-7(10)5-3-1-2-4-6(5)8(11)12/h3-12,17-20H,13-14H2,1-2H3,(H,32,34)(H,33,35);3-12,17-20H,13-14,27H2,1-2H3,(H,28,29);1-4H,(H,9,10)(H,11,12)/t2*17-,18-,19?,20?;/m11./s1. The molecule has 5 aromatic carbocycles. The van der Waals surface area contributed by atoms with Gasteiger partial charge in [0.1, 0.15) is 24.4 Å². The fourth-order valence-corrected chi connectivity index (χ4v) is 8.86. The number of halogens is 9. The maximum absolute atomic E-state index is 13.2.